The fraction of sp³-hybridized carbons (Fsp3) is 0.533. The first-order chi connectivity index (χ1) is 9.72. The lowest BCUT2D eigenvalue weighted by atomic mass is 10.2. The van der Waals surface area contributed by atoms with E-state index in [1.807, 2.05) is 19.1 Å². The van der Waals surface area contributed by atoms with Crippen LogP contribution in [0.25, 0.3) is 0 Å². The molecule has 5 nitrogen and oxygen atoms in total. The number of aliphatic hydroxyl groups is 1. The molecule has 5 heteroatoms. The van der Waals surface area contributed by atoms with Crippen molar-refractivity contribution in [3.63, 3.8) is 0 Å². The monoisotopic (exact) mass is 276 g/mol. The van der Waals surface area contributed by atoms with Gasteiger partial charge in [0.05, 0.1) is 24.4 Å². The van der Waals surface area contributed by atoms with Crippen molar-refractivity contribution in [2.24, 2.45) is 0 Å². The maximum Gasteiger partial charge on any atom is 0.137 e. The summed E-state index contributed by atoms with van der Waals surface area (Å²) in [7, 11) is 0. The zero-order valence-electron chi connectivity index (χ0n) is 11.7. The maximum absolute atomic E-state index is 9.18. The molecule has 1 aliphatic heterocycles. The van der Waals surface area contributed by atoms with Crippen molar-refractivity contribution in [3.8, 4) is 11.8 Å². The molecule has 20 heavy (non-hydrogen) atoms. The molecule has 1 aromatic rings. The van der Waals surface area contributed by atoms with Crippen molar-refractivity contribution in [1.82, 2.24) is 4.90 Å². The molecule has 0 saturated carbocycles. The van der Waals surface area contributed by atoms with Gasteiger partial charge in [0, 0.05) is 19.6 Å². The summed E-state index contributed by atoms with van der Waals surface area (Å²) in [5.74, 6) is 0.620. The Bertz CT molecular complexity index is 472. The van der Waals surface area contributed by atoms with E-state index in [1.54, 1.807) is 12.1 Å². The zero-order chi connectivity index (χ0) is 14.4. The van der Waals surface area contributed by atoms with Crippen molar-refractivity contribution in [2.45, 2.75) is 19.1 Å². The highest BCUT2D eigenvalue weighted by molar-refractivity contribution is 5.42. The second-order valence-electron chi connectivity index (χ2n) is 4.97. The molecule has 1 saturated heterocycles. The smallest absolute Gasteiger partial charge is 0.137 e. The van der Waals surface area contributed by atoms with E-state index in [0.717, 1.165) is 13.1 Å². The predicted octanol–water partition coefficient (Wildman–Crippen LogP) is 1.02. The SMILES string of the molecule is CC1CN(CCOc2ccccc2C#N)CC(CO)O1. The van der Waals surface area contributed by atoms with Crippen molar-refractivity contribution in [1.29, 1.82) is 5.26 Å². The Balaban J connectivity index is 1.82. The Kier molecular flexibility index (Phi) is 5.36. The number of benzene rings is 1. The van der Waals surface area contributed by atoms with Gasteiger partial charge in [-0.3, -0.25) is 4.90 Å². The van der Waals surface area contributed by atoms with Crippen LogP contribution < -0.4 is 4.74 Å². The molecule has 1 fully saturated rings. The second-order valence-corrected chi connectivity index (χ2v) is 4.97. The number of nitriles is 1. The van der Waals surface area contributed by atoms with Crippen molar-refractivity contribution < 1.29 is 14.6 Å². The third kappa shape index (κ3) is 3.94. The normalized spacial score (nSPS) is 23.2. The highest BCUT2D eigenvalue weighted by atomic mass is 16.5. The summed E-state index contributed by atoms with van der Waals surface area (Å²) in [5.41, 5.74) is 0.552. The molecule has 1 heterocycles. The van der Waals surface area contributed by atoms with Crippen molar-refractivity contribution in [2.75, 3.05) is 32.8 Å². The minimum absolute atomic E-state index is 0.0406. The third-order valence-electron chi connectivity index (χ3n) is 3.28. The number of rotatable bonds is 5. The summed E-state index contributed by atoms with van der Waals surface area (Å²) < 4.78 is 11.3. The van der Waals surface area contributed by atoms with E-state index in [1.165, 1.54) is 0 Å². The van der Waals surface area contributed by atoms with Gasteiger partial charge in [-0.25, -0.2) is 0 Å². The van der Waals surface area contributed by atoms with Gasteiger partial charge in [0.1, 0.15) is 18.4 Å². The fourth-order valence-corrected chi connectivity index (χ4v) is 2.39. The first-order valence-electron chi connectivity index (χ1n) is 6.83. The standard InChI is InChI=1S/C15H20N2O3/c1-12-9-17(10-14(11-18)20-12)6-7-19-15-5-3-2-4-13(15)8-16/h2-5,12,14,18H,6-7,9-11H2,1H3. The number of ether oxygens (including phenoxy) is 2. The Morgan fingerprint density at radius 2 is 2.25 bits per heavy atom. The largest absolute Gasteiger partial charge is 0.491 e. The van der Waals surface area contributed by atoms with E-state index in [0.29, 0.717) is 24.5 Å². The fourth-order valence-electron chi connectivity index (χ4n) is 2.39. The van der Waals surface area contributed by atoms with E-state index in [2.05, 4.69) is 11.0 Å². The molecule has 1 aliphatic rings. The van der Waals surface area contributed by atoms with Gasteiger partial charge >= 0.3 is 0 Å². The summed E-state index contributed by atoms with van der Waals surface area (Å²) in [4.78, 5) is 2.21. The quantitative estimate of drug-likeness (QED) is 0.869. The number of aliphatic hydroxyl groups excluding tert-OH is 1. The lowest BCUT2D eigenvalue weighted by Gasteiger charge is -2.35. The molecular formula is C15H20N2O3. The van der Waals surface area contributed by atoms with Gasteiger partial charge in [-0.05, 0) is 19.1 Å². The molecule has 108 valence electrons. The number of para-hydroxylation sites is 1. The molecule has 2 rings (SSSR count). The van der Waals surface area contributed by atoms with E-state index in [4.69, 9.17) is 14.7 Å². The van der Waals surface area contributed by atoms with Gasteiger partial charge in [-0.2, -0.15) is 5.26 Å². The second kappa shape index (κ2) is 7.25. The van der Waals surface area contributed by atoms with Crippen LogP contribution in [0.4, 0.5) is 0 Å². The molecule has 2 unspecified atom stereocenters. The van der Waals surface area contributed by atoms with Crippen LogP contribution in [-0.4, -0.2) is 55.1 Å². The summed E-state index contributed by atoms with van der Waals surface area (Å²) in [6.07, 6.45) is -0.00237. The Morgan fingerprint density at radius 1 is 1.45 bits per heavy atom. The zero-order valence-corrected chi connectivity index (χ0v) is 11.7. The summed E-state index contributed by atoms with van der Waals surface area (Å²) >= 11 is 0. The average Bonchev–Trinajstić information content (AvgIpc) is 2.47. The molecule has 0 bridgehead atoms. The van der Waals surface area contributed by atoms with Gasteiger partial charge in [-0.15, -0.1) is 0 Å². The minimum Gasteiger partial charge on any atom is -0.491 e. The number of hydrogen-bond acceptors (Lipinski definition) is 5. The van der Waals surface area contributed by atoms with Crippen LogP contribution in [0.2, 0.25) is 0 Å². The van der Waals surface area contributed by atoms with E-state index in [-0.39, 0.29) is 18.8 Å². The first kappa shape index (κ1) is 14.8. The molecule has 1 aromatic carbocycles. The lowest BCUT2D eigenvalue weighted by molar-refractivity contribution is -0.0965. The number of morpholine rings is 1. The third-order valence-corrected chi connectivity index (χ3v) is 3.28. The van der Waals surface area contributed by atoms with E-state index in [9.17, 15) is 5.11 Å². The van der Waals surface area contributed by atoms with Crippen LogP contribution in [0.15, 0.2) is 24.3 Å². The Labute approximate surface area is 119 Å². The maximum atomic E-state index is 9.18. The molecule has 2 atom stereocenters. The van der Waals surface area contributed by atoms with Crippen LogP contribution in [0, 0.1) is 11.3 Å². The minimum atomic E-state index is -0.120. The summed E-state index contributed by atoms with van der Waals surface area (Å²) in [6.45, 7) is 4.86. The van der Waals surface area contributed by atoms with Crippen molar-refractivity contribution >= 4 is 0 Å². The highest BCUT2D eigenvalue weighted by Gasteiger charge is 2.24. The van der Waals surface area contributed by atoms with E-state index < -0.39 is 0 Å². The summed E-state index contributed by atoms with van der Waals surface area (Å²) in [5, 5.41) is 18.2. The molecule has 0 aromatic heterocycles. The predicted molar refractivity (Wildman–Crippen MR) is 74.5 cm³/mol. The van der Waals surface area contributed by atoms with Crippen LogP contribution in [-0.2, 0) is 4.74 Å². The first-order valence-corrected chi connectivity index (χ1v) is 6.83. The summed E-state index contributed by atoms with van der Waals surface area (Å²) in [6, 6.07) is 9.34. The van der Waals surface area contributed by atoms with Gasteiger partial charge in [0.2, 0.25) is 0 Å². The molecule has 0 aliphatic carbocycles. The number of nitrogens with zero attached hydrogens (tertiary/aromatic N) is 2. The van der Waals surface area contributed by atoms with Crippen LogP contribution in [0.5, 0.6) is 5.75 Å². The van der Waals surface area contributed by atoms with Crippen LogP contribution >= 0.6 is 0 Å². The van der Waals surface area contributed by atoms with Crippen LogP contribution in [0.3, 0.4) is 0 Å². The topological polar surface area (TPSA) is 65.7 Å². The van der Waals surface area contributed by atoms with E-state index >= 15 is 0 Å². The molecule has 0 radical (unpaired) electrons. The average molecular weight is 276 g/mol. The number of hydrogen-bond donors (Lipinski definition) is 1. The Hall–Kier alpha value is -1.61. The lowest BCUT2D eigenvalue weighted by Crippen LogP contribution is -2.49. The molecule has 1 N–H and O–H groups in total. The molecule has 0 spiro atoms. The highest BCUT2D eigenvalue weighted by Crippen LogP contribution is 2.17. The van der Waals surface area contributed by atoms with Crippen LogP contribution in [0.1, 0.15) is 12.5 Å². The molecule has 0 amide bonds. The van der Waals surface area contributed by atoms with Crippen molar-refractivity contribution in [3.05, 3.63) is 29.8 Å². The van der Waals surface area contributed by atoms with Gasteiger partial charge in [0.25, 0.3) is 0 Å². The molecular weight excluding hydrogens is 256 g/mol. The van der Waals surface area contributed by atoms with Gasteiger partial charge in [0.15, 0.2) is 0 Å². The Morgan fingerprint density at radius 3 is 3.00 bits per heavy atom. The van der Waals surface area contributed by atoms with Gasteiger partial charge < -0.3 is 14.6 Å². The van der Waals surface area contributed by atoms with Gasteiger partial charge in [-0.1, -0.05) is 12.1 Å².